The van der Waals surface area contributed by atoms with Gasteiger partial charge in [-0.15, -0.1) is 0 Å². The van der Waals surface area contributed by atoms with Crippen LogP contribution >= 0.6 is 11.6 Å². The Kier molecular flexibility index (Phi) is 6.79. The number of nitrogens with two attached hydrogens (primary N) is 1. The number of carbonyl (C=O) groups is 2. The molecule has 9 nitrogen and oxygen atoms in total. The summed E-state index contributed by atoms with van der Waals surface area (Å²) < 4.78 is 16.1. The number of allylic oxidation sites excluding steroid dienone is 1. The number of halogens is 1. The molecule has 1 aromatic heterocycles. The first-order valence-electron chi connectivity index (χ1n) is 11.7. The zero-order valence-electron chi connectivity index (χ0n) is 20.8. The summed E-state index contributed by atoms with van der Waals surface area (Å²) in [6.07, 6.45) is 0. The van der Waals surface area contributed by atoms with Gasteiger partial charge in [0.15, 0.2) is 5.58 Å². The first-order valence-corrected chi connectivity index (χ1v) is 12.1. The molecule has 0 bridgehead atoms. The Hall–Kier alpha value is -5.07. The van der Waals surface area contributed by atoms with Gasteiger partial charge in [-0.05, 0) is 35.9 Å². The number of nitrogens with zero attached hydrogens (tertiary/aromatic N) is 3. The normalized spacial score (nSPS) is 15.3. The number of para-hydroxylation sites is 2. The molecule has 1 aliphatic heterocycles. The molecule has 10 heteroatoms. The predicted molar refractivity (Wildman–Crippen MR) is 144 cm³/mol. The lowest BCUT2D eigenvalue weighted by molar-refractivity contribution is -0.139. The van der Waals surface area contributed by atoms with Crippen LogP contribution in [-0.4, -0.2) is 31.1 Å². The van der Waals surface area contributed by atoms with E-state index in [0.717, 1.165) is 0 Å². The maximum absolute atomic E-state index is 13.3. The summed E-state index contributed by atoms with van der Waals surface area (Å²) in [6, 6.07) is 23.0. The Labute approximate surface area is 228 Å². The van der Waals surface area contributed by atoms with Crippen molar-refractivity contribution in [1.82, 2.24) is 4.98 Å². The number of benzene rings is 3. The number of oxazole rings is 1. The molecule has 39 heavy (non-hydrogen) atoms. The van der Waals surface area contributed by atoms with Crippen LogP contribution in [0.1, 0.15) is 11.5 Å². The van der Waals surface area contributed by atoms with Crippen molar-refractivity contribution in [3.63, 3.8) is 0 Å². The number of nitriles is 1. The molecule has 1 atom stereocenters. The fraction of sp³-hybridized carbons (Fsp3) is 0.103. The van der Waals surface area contributed by atoms with Gasteiger partial charge in [0.1, 0.15) is 17.0 Å². The molecule has 0 amide bonds. The lowest BCUT2D eigenvalue weighted by Gasteiger charge is -2.36. The summed E-state index contributed by atoms with van der Waals surface area (Å²) in [6.45, 7) is 0. The number of hydrogen-bond donors (Lipinski definition) is 1. The molecule has 4 aromatic rings. The highest BCUT2D eigenvalue weighted by molar-refractivity contribution is 6.33. The summed E-state index contributed by atoms with van der Waals surface area (Å²) in [7, 11) is 2.36. The second-order valence-corrected chi connectivity index (χ2v) is 8.90. The molecule has 0 saturated heterocycles. The monoisotopic (exact) mass is 540 g/mol. The van der Waals surface area contributed by atoms with Crippen LogP contribution in [0.25, 0.3) is 22.6 Å². The summed E-state index contributed by atoms with van der Waals surface area (Å²) in [5.74, 6) is -2.50. The highest BCUT2D eigenvalue weighted by atomic mass is 35.5. The van der Waals surface area contributed by atoms with E-state index in [0.29, 0.717) is 28.1 Å². The molecule has 2 heterocycles. The highest BCUT2D eigenvalue weighted by Gasteiger charge is 2.43. The van der Waals surface area contributed by atoms with E-state index < -0.39 is 17.9 Å². The number of hydrogen-bond acceptors (Lipinski definition) is 9. The second-order valence-electron chi connectivity index (χ2n) is 8.49. The quantitative estimate of drug-likeness (QED) is 0.345. The van der Waals surface area contributed by atoms with Gasteiger partial charge in [-0.3, -0.25) is 4.90 Å². The van der Waals surface area contributed by atoms with Gasteiger partial charge in [-0.1, -0.05) is 54.1 Å². The van der Waals surface area contributed by atoms with Crippen LogP contribution < -0.4 is 10.6 Å². The third-order valence-corrected chi connectivity index (χ3v) is 6.66. The minimum Gasteiger partial charge on any atom is -0.466 e. The van der Waals surface area contributed by atoms with E-state index in [4.69, 9.17) is 31.2 Å². The number of methoxy groups -OCH3 is 2. The van der Waals surface area contributed by atoms with Gasteiger partial charge >= 0.3 is 11.9 Å². The molecule has 0 radical (unpaired) electrons. The molecule has 5 rings (SSSR count). The minimum atomic E-state index is -0.993. The molecule has 2 N–H and O–H groups in total. The van der Waals surface area contributed by atoms with Gasteiger partial charge in [0, 0.05) is 5.56 Å². The van der Waals surface area contributed by atoms with Gasteiger partial charge in [0.25, 0.3) is 0 Å². The fourth-order valence-corrected chi connectivity index (χ4v) is 4.78. The number of rotatable bonds is 5. The zero-order chi connectivity index (χ0) is 27.7. The SMILES string of the molecule is COC(=O)C1=C(C(=O)OC)N(c2cc(-c3nc4ccccc4o3)ccc2Cl)C(N)=C(C#N)C1c1ccccc1. The van der Waals surface area contributed by atoms with E-state index in [2.05, 4.69) is 11.1 Å². The van der Waals surface area contributed by atoms with Gasteiger partial charge in [0.05, 0.1) is 48.1 Å². The van der Waals surface area contributed by atoms with E-state index in [1.165, 1.54) is 19.1 Å². The van der Waals surface area contributed by atoms with Crippen LogP contribution in [0, 0.1) is 11.3 Å². The molecular formula is C29H21ClN4O5. The standard InChI is InChI=1S/C29H21ClN4O5/c1-37-28(35)24-23(16-8-4-3-5-9-16)18(15-31)26(32)34(25(24)29(36)38-2)21-14-17(12-13-19(21)30)27-33-20-10-6-7-11-22(20)39-27/h3-14,23H,32H2,1-2H3. The Morgan fingerprint density at radius 2 is 1.72 bits per heavy atom. The average molecular weight is 541 g/mol. The van der Waals surface area contributed by atoms with E-state index >= 15 is 0 Å². The topological polar surface area (TPSA) is 132 Å². The summed E-state index contributed by atoms with van der Waals surface area (Å²) in [5.41, 5.74) is 8.79. The number of carbonyl (C=O) groups excluding carboxylic acids is 2. The van der Waals surface area contributed by atoms with Crippen molar-refractivity contribution in [3.05, 3.63) is 106 Å². The van der Waals surface area contributed by atoms with E-state index in [1.807, 2.05) is 18.2 Å². The van der Waals surface area contributed by atoms with E-state index in [1.54, 1.807) is 54.6 Å². The van der Waals surface area contributed by atoms with Gasteiger partial charge in [-0.2, -0.15) is 5.26 Å². The maximum Gasteiger partial charge on any atom is 0.355 e. The first-order chi connectivity index (χ1) is 18.9. The van der Waals surface area contributed by atoms with Crippen LogP contribution in [-0.2, 0) is 19.1 Å². The molecule has 194 valence electrons. The number of ether oxygens (including phenoxy) is 2. The molecule has 1 aliphatic rings. The lowest BCUT2D eigenvalue weighted by Crippen LogP contribution is -2.40. The predicted octanol–water partition coefficient (Wildman–Crippen LogP) is 5.05. The van der Waals surface area contributed by atoms with Crippen LogP contribution in [0.4, 0.5) is 5.69 Å². The van der Waals surface area contributed by atoms with Crippen molar-refractivity contribution < 1.29 is 23.5 Å². The smallest absolute Gasteiger partial charge is 0.355 e. The number of fused-ring (bicyclic) bond motifs is 1. The highest BCUT2D eigenvalue weighted by Crippen LogP contribution is 2.45. The van der Waals surface area contributed by atoms with Crippen LogP contribution in [0.5, 0.6) is 0 Å². The maximum atomic E-state index is 13.3. The number of aromatic nitrogens is 1. The Bertz CT molecular complexity index is 1690. The Morgan fingerprint density at radius 3 is 2.38 bits per heavy atom. The minimum absolute atomic E-state index is 0.0255. The molecule has 1 unspecified atom stereocenters. The third-order valence-electron chi connectivity index (χ3n) is 6.34. The molecule has 3 aromatic carbocycles. The largest absolute Gasteiger partial charge is 0.466 e. The Balaban J connectivity index is 1.79. The lowest BCUT2D eigenvalue weighted by atomic mass is 9.81. The van der Waals surface area contributed by atoms with Gasteiger partial charge < -0.3 is 19.6 Å². The van der Waals surface area contributed by atoms with Crippen LogP contribution in [0.15, 0.2) is 99.9 Å². The fourth-order valence-electron chi connectivity index (χ4n) is 4.58. The number of anilines is 1. The van der Waals surface area contributed by atoms with Crippen molar-refractivity contribution in [2.75, 3.05) is 19.1 Å². The zero-order valence-corrected chi connectivity index (χ0v) is 21.6. The summed E-state index contributed by atoms with van der Waals surface area (Å²) in [4.78, 5) is 32.3. The average Bonchev–Trinajstić information content (AvgIpc) is 3.41. The molecule has 0 fully saturated rings. The molecular weight excluding hydrogens is 520 g/mol. The van der Waals surface area contributed by atoms with Crippen molar-refractivity contribution in [3.8, 4) is 17.5 Å². The van der Waals surface area contributed by atoms with E-state index in [9.17, 15) is 14.9 Å². The van der Waals surface area contributed by atoms with E-state index in [-0.39, 0.29) is 33.4 Å². The van der Waals surface area contributed by atoms with Crippen molar-refractivity contribution >= 4 is 40.3 Å². The third kappa shape index (κ3) is 4.37. The van der Waals surface area contributed by atoms with Crippen molar-refractivity contribution in [1.29, 1.82) is 5.26 Å². The van der Waals surface area contributed by atoms with Crippen molar-refractivity contribution in [2.45, 2.75) is 5.92 Å². The summed E-state index contributed by atoms with van der Waals surface area (Å²) in [5, 5.41) is 10.4. The number of esters is 2. The van der Waals surface area contributed by atoms with Crippen molar-refractivity contribution in [2.24, 2.45) is 5.73 Å². The second kappa shape index (κ2) is 10.4. The summed E-state index contributed by atoms with van der Waals surface area (Å²) >= 11 is 6.64. The molecule has 0 spiro atoms. The van der Waals surface area contributed by atoms with Gasteiger partial charge in [0.2, 0.25) is 5.89 Å². The molecule has 0 aliphatic carbocycles. The first kappa shape index (κ1) is 25.6. The molecule has 0 saturated carbocycles. The Morgan fingerprint density at radius 1 is 1.03 bits per heavy atom. The van der Waals surface area contributed by atoms with Crippen LogP contribution in [0.2, 0.25) is 5.02 Å². The van der Waals surface area contributed by atoms with Gasteiger partial charge in [-0.25, -0.2) is 14.6 Å². The van der Waals surface area contributed by atoms with Crippen LogP contribution in [0.3, 0.4) is 0 Å².